The lowest BCUT2D eigenvalue weighted by Gasteiger charge is -2.32. The van der Waals surface area contributed by atoms with Crippen LogP contribution in [0.3, 0.4) is 0 Å². The molecule has 1 aromatic carbocycles. The molecule has 1 aromatic heterocycles. The quantitative estimate of drug-likeness (QED) is 0.548. The van der Waals surface area contributed by atoms with Crippen LogP contribution in [0.15, 0.2) is 41.8 Å². The summed E-state index contributed by atoms with van der Waals surface area (Å²) in [5, 5.41) is 0.556. The van der Waals surface area contributed by atoms with E-state index in [2.05, 4.69) is 18.0 Å². The Morgan fingerprint density at radius 3 is 2.68 bits per heavy atom. The van der Waals surface area contributed by atoms with E-state index in [1.807, 2.05) is 47.7 Å². The number of aromatic nitrogens is 2. The lowest BCUT2D eigenvalue weighted by molar-refractivity contribution is -0.151. The number of esters is 1. The van der Waals surface area contributed by atoms with Gasteiger partial charge in [0.1, 0.15) is 0 Å². The first-order valence-corrected chi connectivity index (χ1v) is 10.6. The summed E-state index contributed by atoms with van der Waals surface area (Å²) in [7, 11) is 0. The second-order valence-corrected chi connectivity index (χ2v) is 8.29. The van der Waals surface area contributed by atoms with Gasteiger partial charge in [0.15, 0.2) is 5.16 Å². The number of nitrogens with zero attached hydrogens (tertiary/aromatic N) is 3. The summed E-state index contributed by atoms with van der Waals surface area (Å²) < 4.78 is 7.13. The molecule has 1 saturated heterocycles. The number of benzene rings is 1. The molecule has 3 rings (SSSR count). The van der Waals surface area contributed by atoms with E-state index in [0.717, 1.165) is 16.4 Å². The Labute approximate surface area is 170 Å². The third-order valence-corrected chi connectivity index (χ3v) is 6.11. The van der Waals surface area contributed by atoms with E-state index in [4.69, 9.17) is 4.74 Å². The maximum Gasteiger partial charge on any atom is 0.309 e. The number of thioether (sulfide) groups is 1. The lowest BCUT2D eigenvalue weighted by Crippen LogP contribution is -2.43. The molecule has 28 heavy (non-hydrogen) atoms. The predicted octanol–water partition coefficient (Wildman–Crippen LogP) is 3.46. The first-order valence-electron chi connectivity index (χ1n) is 9.72. The Bertz CT molecular complexity index is 828. The van der Waals surface area contributed by atoms with Crippen LogP contribution in [0.25, 0.3) is 5.69 Å². The Kier molecular flexibility index (Phi) is 6.78. The molecule has 1 atom stereocenters. The standard InChI is InChI=1S/C21H27N3O3S/c1-4-27-20(26)17-9-12-23(13-10-17)19(25)16(3)28-21-22-11-14-24(21)18-8-6-5-7-15(18)2/h5-8,11,14,16-17H,4,9-10,12-13H2,1-3H3/t16-/m0/s1. The van der Waals surface area contributed by atoms with Crippen LogP contribution in [0.1, 0.15) is 32.3 Å². The van der Waals surface area contributed by atoms with Crippen molar-refractivity contribution < 1.29 is 14.3 Å². The molecule has 0 N–H and O–H groups in total. The number of aryl methyl sites for hydroxylation is 1. The van der Waals surface area contributed by atoms with Crippen molar-refractivity contribution in [3.8, 4) is 5.69 Å². The summed E-state index contributed by atoms with van der Waals surface area (Å²) in [6.07, 6.45) is 5.02. The summed E-state index contributed by atoms with van der Waals surface area (Å²) >= 11 is 1.47. The van der Waals surface area contributed by atoms with Crippen molar-refractivity contribution in [2.24, 2.45) is 5.92 Å². The second-order valence-electron chi connectivity index (χ2n) is 6.98. The van der Waals surface area contributed by atoms with Gasteiger partial charge >= 0.3 is 5.97 Å². The number of amides is 1. The van der Waals surface area contributed by atoms with E-state index in [1.54, 1.807) is 6.20 Å². The zero-order valence-electron chi connectivity index (χ0n) is 16.6. The Hall–Kier alpha value is -2.28. The number of likely N-dealkylation sites (tertiary alicyclic amines) is 1. The average molecular weight is 402 g/mol. The molecule has 0 aliphatic carbocycles. The monoisotopic (exact) mass is 401 g/mol. The molecule has 2 heterocycles. The van der Waals surface area contributed by atoms with Gasteiger partial charge in [0.2, 0.25) is 5.91 Å². The van der Waals surface area contributed by atoms with Crippen LogP contribution in [-0.2, 0) is 14.3 Å². The normalized spacial score (nSPS) is 16.0. The van der Waals surface area contributed by atoms with E-state index >= 15 is 0 Å². The molecule has 1 aliphatic heterocycles. The fraction of sp³-hybridized carbons (Fsp3) is 0.476. The highest BCUT2D eigenvalue weighted by molar-refractivity contribution is 8.00. The first-order chi connectivity index (χ1) is 13.5. The van der Waals surface area contributed by atoms with Gasteiger partial charge in [0.25, 0.3) is 0 Å². The Morgan fingerprint density at radius 2 is 2.00 bits per heavy atom. The number of imidazole rings is 1. The van der Waals surface area contributed by atoms with Gasteiger partial charge in [-0.15, -0.1) is 0 Å². The number of carbonyl (C=O) groups is 2. The average Bonchev–Trinajstić information content (AvgIpc) is 3.16. The highest BCUT2D eigenvalue weighted by atomic mass is 32.2. The molecule has 150 valence electrons. The van der Waals surface area contributed by atoms with Gasteiger partial charge in [0.05, 0.1) is 23.5 Å². The third kappa shape index (κ3) is 4.58. The molecule has 1 fully saturated rings. The molecule has 0 unspecified atom stereocenters. The molecule has 7 heteroatoms. The molecule has 0 bridgehead atoms. The summed E-state index contributed by atoms with van der Waals surface area (Å²) in [5.41, 5.74) is 2.22. The number of para-hydroxylation sites is 1. The van der Waals surface area contributed by atoms with Crippen molar-refractivity contribution >= 4 is 23.6 Å². The maximum atomic E-state index is 12.9. The zero-order chi connectivity index (χ0) is 20.1. The summed E-state index contributed by atoms with van der Waals surface area (Å²) in [4.78, 5) is 31.1. The Morgan fingerprint density at radius 1 is 1.29 bits per heavy atom. The molecule has 2 aromatic rings. The van der Waals surface area contributed by atoms with Crippen molar-refractivity contribution in [2.45, 2.75) is 44.0 Å². The highest BCUT2D eigenvalue weighted by Crippen LogP contribution is 2.28. The van der Waals surface area contributed by atoms with Gasteiger partial charge in [0, 0.05) is 25.5 Å². The van der Waals surface area contributed by atoms with Gasteiger partial charge in [-0.3, -0.25) is 14.2 Å². The van der Waals surface area contributed by atoms with E-state index in [0.29, 0.717) is 32.5 Å². The van der Waals surface area contributed by atoms with E-state index < -0.39 is 0 Å². The van der Waals surface area contributed by atoms with Crippen LogP contribution in [0, 0.1) is 12.8 Å². The van der Waals surface area contributed by atoms with Crippen LogP contribution >= 0.6 is 11.8 Å². The van der Waals surface area contributed by atoms with Gasteiger partial charge < -0.3 is 9.64 Å². The fourth-order valence-corrected chi connectivity index (χ4v) is 4.42. The van der Waals surface area contributed by atoms with Crippen molar-refractivity contribution in [1.82, 2.24) is 14.5 Å². The first kappa shape index (κ1) is 20.5. The lowest BCUT2D eigenvalue weighted by atomic mass is 9.97. The second kappa shape index (κ2) is 9.28. The van der Waals surface area contributed by atoms with Crippen molar-refractivity contribution in [3.05, 3.63) is 42.2 Å². The smallest absolute Gasteiger partial charge is 0.309 e. The van der Waals surface area contributed by atoms with E-state index in [9.17, 15) is 9.59 Å². The molecular formula is C21H27N3O3S. The van der Waals surface area contributed by atoms with E-state index in [1.165, 1.54) is 11.8 Å². The number of piperidine rings is 1. The van der Waals surface area contributed by atoms with Crippen molar-refractivity contribution in [1.29, 1.82) is 0 Å². The van der Waals surface area contributed by atoms with E-state index in [-0.39, 0.29) is 23.0 Å². The van der Waals surface area contributed by atoms with Gasteiger partial charge in [-0.05, 0) is 45.2 Å². The number of ether oxygens (including phenoxy) is 1. The van der Waals surface area contributed by atoms with Crippen molar-refractivity contribution in [3.63, 3.8) is 0 Å². The minimum Gasteiger partial charge on any atom is -0.466 e. The number of hydrogen-bond donors (Lipinski definition) is 0. The summed E-state index contributed by atoms with van der Waals surface area (Å²) in [6, 6.07) is 8.12. The molecule has 0 saturated carbocycles. The van der Waals surface area contributed by atoms with Crippen molar-refractivity contribution in [2.75, 3.05) is 19.7 Å². The third-order valence-electron chi connectivity index (χ3n) is 5.04. The predicted molar refractivity (Wildman–Crippen MR) is 110 cm³/mol. The minimum atomic E-state index is -0.246. The molecule has 1 amide bonds. The fourth-order valence-electron chi connectivity index (χ4n) is 3.46. The molecule has 0 spiro atoms. The molecular weight excluding hydrogens is 374 g/mol. The highest BCUT2D eigenvalue weighted by Gasteiger charge is 2.30. The maximum absolute atomic E-state index is 12.9. The topological polar surface area (TPSA) is 64.4 Å². The minimum absolute atomic E-state index is 0.0895. The van der Waals surface area contributed by atoms with Crippen LogP contribution in [0.2, 0.25) is 0 Å². The van der Waals surface area contributed by atoms with Gasteiger partial charge in [-0.1, -0.05) is 30.0 Å². The van der Waals surface area contributed by atoms with Crippen LogP contribution in [-0.4, -0.2) is 51.3 Å². The summed E-state index contributed by atoms with van der Waals surface area (Å²) in [6.45, 7) is 7.39. The van der Waals surface area contributed by atoms with Gasteiger partial charge in [-0.25, -0.2) is 4.98 Å². The van der Waals surface area contributed by atoms with Crippen LogP contribution < -0.4 is 0 Å². The van der Waals surface area contributed by atoms with Crippen LogP contribution in [0.5, 0.6) is 0 Å². The van der Waals surface area contributed by atoms with Gasteiger partial charge in [-0.2, -0.15) is 0 Å². The zero-order valence-corrected chi connectivity index (χ0v) is 17.4. The largest absolute Gasteiger partial charge is 0.466 e. The SMILES string of the molecule is CCOC(=O)C1CCN(C(=O)[C@H](C)Sc2nccn2-c2ccccc2C)CC1. The molecule has 1 aliphatic rings. The Balaban J connectivity index is 1.61. The number of rotatable bonds is 6. The molecule has 6 nitrogen and oxygen atoms in total. The summed E-state index contributed by atoms with van der Waals surface area (Å²) in [5.74, 6) is -0.143. The number of carbonyl (C=O) groups excluding carboxylic acids is 2. The van der Waals surface area contributed by atoms with Crippen LogP contribution in [0.4, 0.5) is 0 Å². The molecule has 0 radical (unpaired) electrons. The number of hydrogen-bond acceptors (Lipinski definition) is 5.